The fraction of sp³-hybridized carbons (Fsp3) is 0.579. The average Bonchev–Trinajstić information content (AvgIpc) is 2.53. The molecule has 0 fully saturated rings. The summed E-state index contributed by atoms with van der Waals surface area (Å²) < 4.78 is 5.06. The zero-order valence-electron chi connectivity index (χ0n) is 15.4. The molecule has 3 nitrogen and oxygen atoms in total. The van der Waals surface area contributed by atoms with Crippen molar-refractivity contribution in [2.75, 3.05) is 6.61 Å². The first kappa shape index (κ1) is 19.6. The lowest BCUT2D eigenvalue weighted by atomic mass is 10.0. The van der Waals surface area contributed by atoms with Crippen molar-refractivity contribution < 1.29 is 14.3 Å². The Bertz CT molecular complexity index is 553. The van der Waals surface area contributed by atoms with Crippen molar-refractivity contribution in [3.05, 3.63) is 34.9 Å². The molecule has 0 bridgehead atoms. The molecule has 1 unspecified atom stereocenters. The Labute approximate surface area is 141 Å². The van der Waals surface area contributed by atoms with Crippen molar-refractivity contribution in [3.8, 4) is 0 Å². The number of carbonyl (C=O) groups is 2. The van der Waals surface area contributed by atoms with E-state index >= 15 is 0 Å². The van der Waals surface area contributed by atoms with Gasteiger partial charge in [-0.3, -0.25) is 4.79 Å². The predicted octanol–water partition coefficient (Wildman–Crippen LogP) is 4.89. The minimum absolute atomic E-state index is 0.0127. The Hall–Kier alpha value is -1.42. The van der Waals surface area contributed by atoms with Crippen LogP contribution in [0.3, 0.4) is 0 Å². The van der Waals surface area contributed by atoms with Gasteiger partial charge in [-0.25, -0.2) is 4.79 Å². The lowest BCUT2D eigenvalue weighted by molar-refractivity contribution is -0.117. The van der Waals surface area contributed by atoms with Crippen molar-refractivity contribution in [2.24, 2.45) is 0 Å². The highest BCUT2D eigenvalue weighted by Gasteiger charge is 2.40. The average molecular weight is 335 g/mol. The molecule has 0 aliphatic heterocycles. The summed E-state index contributed by atoms with van der Waals surface area (Å²) in [7, 11) is -1.71. The highest BCUT2D eigenvalue weighted by atomic mass is 28.3. The molecule has 1 rings (SSSR count). The molecule has 0 aliphatic carbocycles. The molecule has 128 valence electrons. The van der Waals surface area contributed by atoms with Gasteiger partial charge in [-0.2, -0.15) is 0 Å². The third-order valence-corrected chi connectivity index (χ3v) is 11.4. The fourth-order valence-corrected chi connectivity index (χ4v) is 8.25. The van der Waals surface area contributed by atoms with Gasteiger partial charge in [0, 0.05) is 5.54 Å². The third kappa shape index (κ3) is 4.11. The number of Topliss-reactive ketones (excluding diaryl/α,β-unsaturated/α-hetero) is 1. The molecule has 0 saturated carbocycles. The standard InChI is InChI=1S/C19H30O3Si/c1-7-22-19(21)16-11-12-17(14(5)13-16)18(15(6)20)23(8-2,9-3)10-4/h11-13,18H,7-10H2,1-6H3. The Kier molecular flexibility index (Phi) is 7.20. The molecule has 1 aromatic rings. The second-order valence-corrected chi connectivity index (χ2v) is 11.7. The number of ketones is 1. The Morgan fingerprint density at radius 2 is 1.65 bits per heavy atom. The minimum Gasteiger partial charge on any atom is -0.462 e. The van der Waals surface area contributed by atoms with Crippen LogP contribution in [0.2, 0.25) is 18.1 Å². The van der Waals surface area contributed by atoms with E-state index < -0.39 is 8.07 Å². The van der Waals surface area contributed by atoms with Gasteiger partial charge in [-0.15, -0.1) is 0 Å². The van der Waals surface area contributed by atoms with Crippen LogP contribution in [0.5, 0.6) is 0 Å². The van der Waals surface area contributed by atoms with Crippen molar-refractivity contribution in [3.63, 3.8) is 0 Å². The molecule has 23 heavy (non-hydrogen) atoms. The molecule has 0 aliphatic rings. The SMILES string of the molecule is CCOC(=O)c1ccc(C(C(C)=O)[Si](CC)(CC)CC)c(C)c1. The highest BCUT2D eigenvalue weighted by molar-refractivity contribution is 6.83. The second kappa shape index (κ2) is 8.43. The van der Waals surface area contributed by atoms with E-state index in [4.69, 9.17) is 4.74 Å². The van der Waals surface area contributed by atoms with E-state index in [0.717, 1.165) is 29.3 Å². The summed E-state index contributed by atoms with van der Waals surface area (Å²) in [6.07, 6.45) is 0. The summed E-state index contributed by atoms with van der Waals surface area (Å²) in [6, 6.07) is 8.94. The molecule has 0 radical (unpaired) electrons. The van der Waals surface area contributed by atoms with E-state index in [-0.39, 0.29) is 17.3 Å². The highest BCUT2D eigenvalue weighted by Crippen LogP contribution is 2.38. The van der Waals surface area contributed by atoms with Crippen molar-refractivity contribution in [1.29, 1.82) is 0 Å². The maximum absolute atomic E-state index is 12.5. The van der Waals surface area contributed by atoms with Crippen LogP contribution < -0.4 is 0 Å². The smallest absolute Gasteiger partial charge is 0.338 e. The van der Waals surface area contributed by atoms with Crippen LogP contribution >= 0.6 is 0 Å². The van der Waals surface area contributed by atoms with E-state index in [1.165, 1.54) is 0 Å². The van der Waals surface area contributed by atoms with Gasteiger partial charge in [0.15, 0.2) is 0 Å². The number of hydrogen-bond acceptors (Lipinski definition) is 3. The number of esters is 1. The zero-order valence-corrected chi connectivity index (χ0v) is 16.4. The van der Waals surface area contributed by atoms with Crippen molar-refractivity contribution in [1.82, 2.24) is 0 Å². The zero-order chi connectivity index (χ0) is 17.6. The van der Waals surface area contributed by atoms with Gasteiger partial charge in [0.25, 0.3) is 0 Å². The Morgan fingerprint density at radius 1 is 1.09 bits per heavy atom. The summed E-state index contributed by atoms with van der Waals surface area (Å²) >= 11 is 0. The first-order valence-electron chi connectivity index (χ1n) is 8.64. The number of carbonyl (C=O) groups excluding carboxylic acids is 2. The van der Waals surface area contributed by atoms with Gasteiger partial charge in [0.05, 0.1) is 20.2 Å². The van der Waals surface area contributed by atoms with Crippen LogP contribution in [0.4, 0.5) is 0 Å². The van der Waals surface area contributed by atoms with Gasteiger partial charge >= 0.3 is 5.97 Å². The molecular weight excluding hydrogens is 304 g/mol. The normalized spacial score (nSPS) is 12.8. The van der Waals surface area contributed by atoms with Crippen LogP contribution in [0.25, 0.3) is 0 Å². The Balaban J connectivity index is 3.34. The van der Waals surface area contributed by atoms with E-state index in [2.05, 4.69) is 20.8 Å². The molecule has 0 saturated heterocycles. The molecule has 1 aromatic carbocycles. The van der Waals surface area contributed by atoms with Gasteiger partial charge in [0.2, 0.25) is 0 Å². The van der Waals surface area contributed by atoms with Crippen molar-refractivity contribution in [2.45, 2.75) is 65.2 Å². The van der Waals surface area contributed by atoms with Crippen LogP contribution in [0.15, 0.2) is 18.2 Å². The molecule has 0 spiro atoms. The van der Waals surface area contributed by atoms with Crippen LogP contribution in [0.1, 0.15) is 61.6 Å². The van der Waals surface area contributed by atoms with Gasteiger partial charge in [0.1, 0.15) is 5.78 Å². The lowest BCUT2D eigenvalue weighted by Crippen LogP contribution is -2.43. The fourth-order valence-electron chi connectivity index (χ4n) is 3.68. The summed E-state index contributed by atoms with van der Waals surface area (Å²) in [5.74, 6) is -0.0410. The maximum Gasteiger partial charge on any atom is 0.338 e. The van der Waals surface area contributed by atoms with Gasteiger partial charge in [-0.05, 0) is 44.0 Å². The second-order valence-electron chi connectivity index (χ2n) is 6.26. The van der Waals surface area contributed by atoms with Crippen LogP contribution in [0, 0.1) is 6.92 Å². The molecule has 4 heteroatoms. The maximum atomic E-state index is 12.5. The molecule has 0 heterocycles. The van der Waals surface area contributed by atoms with E-state index in [1.807, 2.05) is 19.1 Å². The largest absolute Gasteiger partial charge is 0.462 e. The van der Waals surface area contributed by atoms with Crippen LogP contribution in [-0.2, 0) is 9.53 Å². The summed E-state index contributed by atoms with van der Waals surface area (Å²) in [5, 5.41) is 0. The number of benzene rings is 1. The van der Waals surface area contributed by atoms with Crippen LogP contribution in [-0.4, -0.2) is 26.4 Å². The molecule has 0 amide bonds. The first-order valence-corrected chi connectivity index (χ1v) is 11.3. The molecular formula is C19H30O3Si. The first-order chi connectivity index (χ1) is 10.9. The summed E-state index contributed by atoms with van der Waals surface area (Å²) in [5.41, 5.74) is 2.69. The van der Waals surface area contributed by atoms with Crippen molar-refractivity contribution >= 4 is 19.8 Å². The number of ether oxygens (including phenoxy) is 1. The van der Waals surface area contributed by atoms with E-state index in [1.54, 1.807) is 19.9 Å². The van der Waals surface area contributed by atoms with Gasteiger partial charge in [-0.1, -0.05) is 45.0 Å². The quantitative estimate of drug-likeness (QED) is 0.502. The molecule has 0 aromatic heterocycles. The number of aryl methyl sites for hydroxylation is 1. The summed E-state index contributed by atoms with van der Waals surface area (Å²) in [4.78, 5) is 24.4. The topological polar surface area (TPSA) is 43.4 Å². The number of rotatable bonds is 8. The lowest BCUT2D eigenvalue weighted by Gasteiger charge is -2.36. The molecule has 1 atom stereocenters. The van der Waals surface area contributed by atoms with Gasteiger partial charge < -0.3 is 4.74 Å². The monoisotopic (exact) mass is 334 g/mol. The minimum atomic E-state index is -1.71. The third-order valence-electron chi connectivity index (χ3n) is 5.22. The Morgan fingerprint density at radius 3 is 2.04 bits per heavy atom. The molecule has 0 N–H and O–H groups in total. The number of hydrogen-bond donors (Lipinski definition) is 0. The predicted molar refractivity (Wildman–Crippen MR) is 97.8 cm³/mol. The van der Waals surface area contributed by atoms with E-state index in [0.29, 0.717) is 12.2 Å². The van der Waals surface area contributed by atoms with E-state index in [9.17, 15) is 9.59 Å². The summed E-state index contributed by atoms with van der Waals surface area (Å²) in [6.45, 7) is 12.5.